The Morgan fingerprint density at radius 3 is 2.52 bits per heavy atom. The normalized spacial score (nSPS) is 14.7. The van der Waals surface area contributed by atoms with Crippen LogP contribution < -0.4 is 10.6 Å². The van der Waals surface area contributed by atoms with Gasteiger partial charge in [0.25, 0.3) is 0 Å². The minimum atomic E-state index is 0.212. The Bertz CT molecular complexity index is 894. The number of hydrogen-bond donors (Lipinski definition) is 3. The first kappa shape index (κ1) is 17.3. The number of nitrogens with zero attached hydrogens (tertiary/aromatic N) is 3. The first-order valence-corrected chi connectivity index (χ1v) is 9.38. The van der Waals surface area contributed by atoms with Crippen molar-refractivity contribution in [2.75, 3.05) is 10.6 Å². The number of rotatable bonds is 5. The van der Waals surface area contributed by atoms with Crippen LogP contribution in [-0.2, 0) is 0 Å². The van der Waals surface area contributed by atoms with Gasteiger partial charge in [0.15, 0.2) is 0 Å². The molecule has 0 saturated heterocycles. The van der Waals surface area contributed by atoms with Crippen LogP contribution in [0.15, 0.2) is 54.9 Å². The van der Waals surface area contributed by atoms with Gasteiger partial charge >= 0.3 is 0 Å². The third kappa shape index (κ3) is 4.53. The summed E-state index contributed by atoms with van der Waals surface area (Å²) in [4.78, 5) is 13.4. The minimum absolute atomic E-state index is 0.212. The summed E-state index contributed by atoms with van der Waals surface area (Å²) in [7, 11) is 0. The molecular formula is C21H23N5O. The van der Waals surface area contributed by atoms with E-state index in [1.165, 1.54) is 19.3 Å². The minimum Gasteiger partial charge on any atom is -0.508 e. The van der Waals surface area contributed by atoms with Crippen LogP contribution in [-0.4, -0.2) is 26.1 Å². The second kappa shape index (κ2) is 8.03. The topological polar surface area (TPSA) is 83.0 Å². The first-order valence-electron chi connectivity index (χ1n) is 9.38. The molecular weight excluding hydrogens is 338 g/mol. The Kier molecular flexibility index (Phi) is 5.14. The van der Waals surface area contributed by atoms with Gasteiger partial charge in [-0.3, -0.25) is 4.98 Å². The van der Waals surface area contributed by atoms with Gasteiger partial charge in [-0.05, 0) is 37.1 Å². The van der Waals surface area contributed by atoms with E-state index < -0.39 is 0 Å². The van der Waals surface area contributed by atoms with Gasteiger partial charge in [0, 0.05) is 41.8 Å². The van der Waals surface area contributed by atoms with Gasteiger partial charge in [0.05, 0.1) is 5.69 Å². The second-order valence-electron chi connectivity index (χ2n) is 6.85. The Balaban J connectivity index is 1.65. The fourth-order valence-electron chi connectivity index (χ4n) is 3.41. The molecule has 3 aromatic rings. The van der Waals surface area contributed by atoms with Crippen molar-refractivity contribution >= 4 is 17.5 Å². The number of phenols is 1. The molecule has 0 unspecified atom stereocenters. The largest absolute Gasteiger partial charge is 0.508 e. The van der Waals surface area contributed by atoms with Crippen LogP contribution in [0.5, 0.6) is 5.75 Å². The molecule has 1 aliphatic carbocycles. The van der Waals surface area contributed by atoms with Crippen molar-refractivity contribution in [3.05, 3.63) is 54.9 Å². The van der Waals surface area contributed by atoms with Gasteiger partial charge in [0.2, 0.25) is 5.95 Å². The monoisotopic (exact) mass is 361 g/mol. The molecule has 138 valence electrons. The molecule has 0 aliphatic heterocycles. The van der Waals surface area contributed by atoms with Gasteiger partial charge in [-0.2, -0.15) is 4.98 Å². The highest BCUT2D eigenvalue weighted by molar-refractivity contribution is 5.67. The summed E-state index contributed by atoms with van der Waals surface area (Å²) >= 11 is 0. The van der Waals surface area contributed by atoms with Crippen molar-refractivity contribution in [3.8, 4) is 17.0 Å². The van der Waals surface area contributed by atoms with E-state index in [1.54, 1.807) is 30.6 Å². The fourth-order valence-corrected chi connectivity index (χ4v) is 3.41. The number of hydrogen-bond acceptors (Lipinski definition) is 6. The Morgan fingerprint density at radius 2 is 1.74 bits per heavy atom. The Labute approximate surface area is 158 Å². The summed E-state index contributed by atoms with van der Waals surface area (Å²) < 4.78 is 0. The predicted molar refractivity (Wildman–Crippen MR) is 107 cm³/mol. The lowest BCUT2D eigenvalue weighted by atomic mass is 9.96. The van der Waals surface area contributed by atoms with Gasteiger partial charge in [-0.25, -0.2) is 4.98 Å². The van der Waals surface area contributed by atoms with E-state index in [0.29, 0.717) is 17.8 Å². The van der Waals surface area contributed by atoms with Crippen LogP contribution in [0.4, 0.5) is 17.5 Å². The number of phenolic OH excluding ortho intramolecular Hbond substituents is 1. The van der Waals surface area contributed by atoms with Crippen molar-refractivity contribution in [2.24, 2.45) is 0 Å². The lowest BCUT2D eigenvalue weighted by Crippen LogP contribution is -2.23. The second-order valence-corrected chi connectivity index (χ2v) is 6.85. The SMILES string of the molecule is Oc1cccc(Nc2cc(-c3ccncc3)nc(NC3CCCCC3)n2)c1. The summed E-state index contributed by atoms with van der Waals surface area (Å²) in [5.41, 5.74) is 2.59. The molecule has 2 aromatic heterocycles. The van der Waals surface area contributed by atoms with Crippen molar-refractivity contribution < 1.29 is 5.11 Å². The van der Waals surface area contributed by atoms with Crippen LogP contribution in [0.3, 0.4) is 0 Å². The summed E-state index contributed by atoms with van der Waals surface area (Å²) in [5, 5.41) is 16.5. The van der Waals surface area contributed by atoms with Crippen LogP contribution in [0.1, 0.15) is 32.1 Å². The molecule has 0 amide bonds. The van der Waals surface area contributed by atoms with Gasteiger partial charge in [-0.15, -0.1) is 0 Å². The predicted octanol–water partition coefficient (Wildman–Crippen LogP) is 4.73. The first-order chi connectivity index (χ1) is 13.3. The summed E-state index contributed by atoms with van der Waals surface area (Å²) in [6.07, 6.45) is 9.62. The third-order valence-corrected chi connectivity index (χ3v) is 4.76. The average Bonchev–Trinajstić information content (AvgIpc) is 2.69. The standard InChI is InChI=1S/C21H23N5O/c27-18-8-4-7-17(13-18)23-20-14-19(15-9-11-22-12-10-15)25-21(26-20)24-16-5-2-1-3-6-16/h4,7-14,16,27H,1-3,5-6H2,(H2,23,24,25,26). The molecule has 27 heavy (non-hydrogen) atoms. The summed E-state index contributed by atoms with van der Waals surface area (Å²) in [5.74, 6) is 1.52. The summed E-state index contributed by atoms with van der Waals surface area (Å²) in [6.45, 7) is 0. The molecule has 0 atom stereocenters. The molecule has 1 aromatic carbocycles. The van der Waals surface area contributed by atoms with E-state index in [0.717, 1.165) is 29.8 Å². The maximum Gasteiger partial charge on any atom is 0.225 e. The zero-order chi connectivity index (χ0) is 18.5. The van der Waals surface area contributed by atoms with Gasteiger partial charge < -0.3 is 15.7 Å². The van der Waals surface area contributed by atoms with Crippen LogP contribution >= 0.6 is 0 Å². The molecule has 0 spiro atoms. The molecule has 0 radical (unpaired) electrons. The molecule has 1 saturated carbocycles. The van der Waals surface area contributed by atoms with Gasteiger partial charge in [-0.1, -0.05) is 25.3 Å². The molecule has 0 bridgehead atoms. The molecule has 6 heteroatoms. The quantitative estimate of drug-likeness (QED) is 0.609. The van der Waals surface area contributed by atoms with Crippen molar-refractivity contribution in [2.45, 2.75) is 38.1 Å². The smallest absolute Gasteiger partial charge is 0.225 e. The van der Waals surface area contributed by atoms with E-state index >= 15 is 0 Å². The number of nitrogens with one attached hydrogen (secondary N) is 2. The van der Waals surface area contributed by atoms with E-state index in [2.05, 4.69) is 20.6 Å². The van der Waals surface area contributed by atoms with Gasteiger partial charge in [0.1, 0.15) is 11.6 Å². The van der Waals surface area contributed by atoms with E-state index in [4.69, 9.17) is 4.98 Å². The van der Waals surface area contributed by atoms with Crippen LogP contribution in [0.2, 0.25) is 0 Å². The number of pyridine rings is 1. The highest BCUT2D eigenvalue weighted by atomic mass is 16.3. The Hall–Kier alpha value is -3.15. The number of aromatic nitrogens is 3. The zero-order valence-electron chi connectivity index (χ0n) is 15.1. The van der Waals surface area contributed by atoms with Crippen molar-refractivity contribution in [3.63, 3.8) is 0 Å². The molecule has 2 heterocycles. The molecule has 3 N–H and O–H groups in total. The van der Waals surface area contributed by atoms with E-state index in [9.17, 15) is 5.11 Å². The summed E-state index contributed by atoms with van der Waals surface area (Å²) in [6, 6.07) is 13.2. The molecule has 6 nitrogen and oxygen atoms in total. The molecule has 1 aliphatic rings. The molecule has 1 fully saturated rings. The highest BCUT2D eigenvalue weighted by Gasteiger charge is 2.15. The number of anilines is 3. The lowest BCUT2D eigenvalue weighted by molar-refractivity contribution is 0.461. The van der Waals surface area contributed by atoms with E-state index in [-0.39, 0.29) is 5.75 Å². The lowest BCUT2D eigenvalue weighted by Gasteiger charge is -2.23. The molecule has 4 rings (SSSR count). The van der Waals surface area contributed by atoms with Crippen LogP contribution in [0.25, 0.3) is 11.3 Å². The van der Waals surface area contributed by atoms with Crippen LogP contribution in [0, 0.1) is 0 Å². The van der Waals surface area contributed by atoms with Crippen molar-refractivity contribution in [1.29, 1.82) is 0 Å². The number of aromatic hydroxyl groups is 1. The fraction of sp³-hybridized carbons (Fsp3) is 0.286. The highest BCUT2D eigenvalue weighted by Crippen LogP contribution is 2.26. The average molecular weight is 361 g/mol. The maximum atomic E-state index is 9.70. The third-order valence-electron chi connectivity index (χ3n) is 4.76. The Morgan fingerprint density at radius 1 is 0.926 bits per heavy atom. The maximum absolute atomic E-state index is 9.70. The zero-order valence-corrected chi connectivity index (χ0v) is 15.1. The number of benzene rings is 1. The van der Waals surface area contributed by atoms with Crippen molar-refractivity contribution in [1.82, 2.24) is 15.0 Å². The van der Waals surface area contributed by atoms with E-state index in [1.807, 2.05) is 24.3 Å².